The normalized spacial score (nSPS) is 16.7. The molecule has 20 heavy (non-hydrogen) atoms. The molecule has 1 unspecified atom stereocenters. The van der Waals surface area contributed by atoms with Crippen molar-refractivity contribution in [1.82, 2.24) is 0 Å². The first-order chi connectivity index (χ1) is 9.90. The van der Waals surface area contributed by atoms with E-state index < -0.39 is 0 Å². The fourth-order valence-corrected chi connectivity index (χ4v) is 2.66. The zero-order chi connectivity index (χ0) is 13.4. The summed E-state index contributed by atoms with van der Waals surface area (Å²) in [6.45, 7) is 0. The van der Waals surface area contributed by atoms with Gasteiger partial charge in [-0.3, -0.25) is 0 Å². The summed E-state index contributed by atoms with van der Waals surface area (Å²) in [6.07, 6.45) is 4.28. The molecule has 1 heteroatoms. The topological polar surface area (TPSA) is 9.23 Å². The number of ether oxygens (including phenoxy) is 1. The van der Waals surface area contributed by atoms with Crippen LogP contribution in [-0.4, -0.2) is 0 Å². The van der Waals surface area contributed by atoms with Crippen molar-refractivity contribution in [2.75, 3.05) is 0 Å². The maximum Gasteiger partial charge on any atom is 0.142 e. The molecule has 0 bridgehead atoms. The SMILES string of the molecule is C1=CC(c2ccccc2)Oc2cc3ccccc3cc21. The van der Waals surface area contributed by atoms with Gasteiger partial charge in [-0.25, -0.2) is 0 Å². The van der Waals surface area contributed by atoms with Crippen molar-refractivity contribution in [2.45, 2.75) is 6.10 Å². The van der Waals surface area contributed by atoms with Gasteiger partial charge in [0.05, 0.1) is 0 Å². The van der Waals surface area contributed by atoms with Crippen LogP contribution in [0.5, 0.6) is 5.75 Å². The minimum absolute atomic E-state index is 0.00450. The highest BCUT2D eigenvalue weighted by molar-refractivity contribution is 5.87. The van der Waals surface area contributed by atoms with Gasteiger partial charge >= 0.3 is 0 Å². The molecule has 0 amide bonds. The Kier molecular flexibility index (Phi) is 2.56. The largest absolute Gasteiger partial charge is 0.481 e. The molecule has 0 aromatic heterocycles. The van der Waals surface area contributed by atoms with E-state index in [-0.39, 0.29) is 6.10 Å². The summed E-state index contributed by atoms with van der Waals surface area (Å²) in [5.41, 5.74) is 2.33. The van der Waals surface area contributed by atoms with Gasteiger partial charge in [0.25, 0.3) is 0 Å². The van der Waals surface area contributed by atoms with Crippen LogP contribution in [0.2, 0.25) is 0 Å². The molecule has 0 spiro atoms. The average Bonchev–Trinajstić information content (AvgIpc) is 2.53. The highest BCUT2D eigenvalue weighted by atomic mass is 16.5. The molecule has 4 rings (SSSR count). The second-order valence-corrected chi connectivity index (χ2v) is 5.05. The van der Waals surface area contributed by atoms with Crippen molar-refractivity contribution in [2.24, 2.45) is 0 Å². The minimum atomic E-state index is 0.00450. The van der Waals surface area contributed by atoms with E-state index in [2.05, 4.69) is 60.7 Å². The van der Waals surface area contributed by atoms with E-state index in [1.165, 1.54) is 16.3 Å². The van der Waals surface area contributed by atoms with Gasteiger partial charge in [0.2, 0.25) is 0 Å². The molecule has 0 saturated heterocycles. The van der Waals surface area contributed by atoms with Gasteiger partial charge in [0.1, 0.15) is 11.9 Å². The quantitative estimate of drug-likeness (QED) is 0.597. The number of fused-ring (bicyclic) bond motifs is 2. The lowest BCUT2D eigenvalue weighted by molar-refractivity contribution is 0.252. The van der Waals surface area contributed by atoms with E-state index in [9.17, 15) is 0 Å². The van der Waals surface area contributed by atoms with E-state index in [0.717, 1.165) is 11.3 Å². The Bertz CT molecular complexity index is 787. The van der Waals surface area contributed by atoms with Crippen molar-refractivity contribution >= 4 is 16.8 Å². The maximum absolute atomic E-state index is 6.14. The Morgan fingerprint density at radius 3 is 2.25 bits per heavy atom. The Labute approximate surface area is 118 Å². The first kappa shape index (κ1) is 11.3. The third-order valence-electron chi connectivity index (χ3n) is 3.71. The standard InChI is InChI=1S/C19H14O/c1-2-6-14(7-3-1)18-11-10-17-12-15-8-4-5-9-16(15)13-19(17)20-18/h1-13,18H. The zero-order valence-electron chi connectivity index (χ0n) is 11.0. The second-order valence-electron chi connectivity index (χ2n) is 5.05. The van der Waals surface area contributed by atoms with Crippen LogP contribution in [0, 0.1) is 0 Å². The Morgan fingerprint density at radius 2 is 1.45 bits per heavy atom. The number of benzene rings is 3. The van der Waals surface area contributed by atoms with Crippen LogP contribution in [0.15, 0.2) is 72.8 Å². The monoisotopic (exact) mass is 258 g/mol. The molecule has 1 aliphatic rings. The smallest absolute Gasteiger partial charge is 0.142 e. The summed E-state index contributed by atoms with van der Waals surface area (Å²) in [7, 11) is 0. The third-order valence-corrected chi connectivity index (χ3v) is 3.71. The zero-order valence-corrected chi connectivity index (χ0v) is 11.0. The average molecular weight is 258 g/mol. The van der Waals surface area contributed by atoms with Crippen molar-refractivity contribution in [1.29, 1.82) is 0 Å². The van der Waals surface area contributed by atoms with Crippen LogP contribution in [0.1, 0.15) is 17.2 Å². The van der Waals surface area contributed by atoms with Crippen LogP contribution in [0.3, 0.4) is 0 Å². The molecule has 0 radical (unpaired) electrons. The summed E-state index contributed by atoms with van der Waals surface area (Å²) in [5, 5.41) is 2.46. The molecule has 0 aliphatic carbocycles. The van der Waals surface area contributed by atoms with Crippen LogP contribution in [0.25, 0.3) is 16.8 Å². The predicted molar refractivity (Wildman–Crippen MR) is 82.8 cm³/mol. The number of hydrogen-bond donors (Lipinski definition) is 0. The van der Waals surface area contributed by atoms with Gasteiger partial charge in [-0.2, -0.15) is 0 Å². The molecule has 1 heterocycles. The van der Waals surface area contributed by atoms with E-state index in [0.29, 0.717) is 0 Å². The van der Waals surface area contributed by atoms with E-state index in [4.69, 9.17) is 4.74 Å². The van der Waals surface area contributed by atoms with Gasteiger partial charge in [-0.05, 0) is 34.5 Å². The van der Waals surface area contributed by atoms with Crippen LogP contribution < -0.4 is 4.74 Å². The van der Waals surface area contributed by atoms with Crippen LogP contribution >= 0.6 is 0 Å². The minimum Gasteiger partial charge on any atom is -0.481 e. The van der Waals surface area contributed by atoms with Crippen LogP contribution in [-0.2, 0) is 0 Å². The molecule has 0 fully saturated rings. The first-order valence-corrected chi connectivity index (χ1v) is 6.83. The van der Waals surface area contributed by atoms with Gasteiger partial charge in [-0.1, -0.05) is 60.7 Å². The van der Waals surface area contributed by atoms with Crippen LogP contribution in [0.4, 0.5) is 0 Å². The molecule has 96 valence electrons. The van der Waals surface area contributed by atoms with E-state index in [1.54, 1.807) is 0 Å². The van der Waals surface area contributed by atoms with Crippen molar-refractivity contribution in [3.05, 3.63) is 83.9 Å². The Balaban J connectivity index is 1.78. The lowest BCUT2D eigenvalue weighted by Gasteiger charge is -2.22. The fraction of sp³-hybridized carbons (Fsp3) is 0.0526. The Hall–Kier alpha value is -2.54. The summed E-state index contributed by atoms with van der Waals surface area (Å²) >= 11 is 0. The van der Waals surface area contributed by atoms with E-state index in [1.807, 2.05) is 18.2 Å². The highest BCUT2D eigenvalue weighted by Gasteiger charge is 2.16. The fourth-order valence-electron chi connectivity index (χ4n) is 2.66. The number of hydrogen-bond acceptors (Lipinski definition) is 1. The summed E-state index contributed by atoms with van der Waals surface area (Å²) in [4.78, 5) is 0. The summed E-state index contributed by atoms with van der Waals surface area (Å²) < 4.78 is 6.14. The molecule has 0 N–H and O–H groups in total. The van der Waals surface area contributed by atoms with E-state index >= 15 is 0 Å². The molecule has 1 atom stereocenters. The lowest BCUT2D eigenvalue weighted by atomic mass is 10.0. The molecule has 0 saturated carbocycles. The van der Waals surface area contributed by atoms with Gasteiger partial charge in [-0.15, -0.1) is 0 Å². The highest BCUT2D eigenvalue weighted by Crippen LogP contribution is 2.35. The maximum atomic E-state index is 6.14. The molecule has 3 aromatic carbocycles. The summed E-state index contributed by atoms with van der Waals surface area (Å²) in [5.74, 6) is 0.958. The second kappa shape index (κ2) is 4.53. The first-order valence-electron chi connectivity index (χ1n) is 6.83. The Morgan fingerprint density at radius 1 is 0.750 bits per heavy atom. The molecule has 1 aliphatic heterocycles. The number of rotatable bonds is 1. The van der Waals surface area contributed by atoms with Crippen molar-refractivity contribution in [3.8, 4) is 5.75 Å². The van der Waals surface area contributed by atoms with Crippen molar-refractivity contribution in [3.63, 3.8) is 0 Å². The summed E-state index contributed by atoms with van der Waals surface area (Å²) in [6, 6.07) is 23.0. The van der Waals surface area contributed by atoms with Gasteiger partial charge in [0, 0.05) is 5.56 Å². The van der Waals surface area contributed by atoms with Gasteiger partial charge in [0.15, 0.2) is 0 Å². The third kappa shape index (κ3) is 1.88. The van der Waals surface area contributed by atoms with Gasteiger partial charge < -0.3 is 4.74 Å². The molecular formula is C19H14O. The van der Waals surface area contributed by atoms with Crippen molar-refractivity contribution < 1.29 is 4.74 Å². The lowest BCUT2D eigenvalue weighted by Crippen LogP contribution is -2.08. The molecular weight excluding hydrogens is 244 g/mol. The predicted octanol–water partition coefficient (Wildman–Crippen LogP) is 4.99. The molecule has 1 nitrogen and oxygen atoms in total. The molecule has 3 aromatic rings.